The van der Waals surface area contributed by atoms with E-state index in [-0.39, 0.29) is 31.1 Å². The molecule has 482 valence electrons. The highest BCUT2D eigenvalue weighted by molar-refractivity contribution is 5.71. The smallest absolute Gasteiger partial charge is 0.306 e. The molecule has 0 aromatic carbocycles. The van der Waals surface area contributed by atoms with Crippen LogP contribution in [0.1, 0.15) is 380 Å². The van der Waals surface area contributed by atoms with Crippen LogP contribution in [0.4, 0.5) is 0 Å². The molecule has 0 aromatic rings. The molecule has 0 rings (SSSR count). The summed E-state index contributed by atoms with van der Waals surface area (Å²) in [7, 11) is 0. The van der Waals surface area contributed by atoms with Gasteiger partial charge in [-0.1, -0.05) is 344 Å². The fourth-order valence-corrected chi connectivity index (χ4v) is 10.8. The van der Waals surface area contributed by atoms with Gasteiger partial charge in [0.25, 0.3) is 0 Å². The quantitative estimate of drug-likeness (QED) is 0.0261. The van der Waals surface area contributed by atoms with E-state index in [1.165, 1.54) is 238 Å². The summed E-state index contributed by atoms with van der Waals surface area (Å²) >= 11 is 0. The molecule has 0 amide bonds. The van der Waals surface area contributed by atoms with Crippen molar-refractivity contribution in [2.45, 2.75) is 386 Å². The molecule has 1 atom stereocenters. The minimum absolute atomic E-state index is 0.0740. The van der Waals surface area contributed by atoms with Gasteiger partial charge in [0.15, 0.2) is 6.10 Å². The monoisotopic (exact) mass is 1160 g/mol. The Kier molecular flexibility index (Phi) is 68.6. The maximum Gasteiger partial charge on any atom is 0.306 e. The van der Waals surface area contributed by atoms with E-state index in [2.05, 4.69) is 93.7 Å². The third-order valence-electron chi connectivity index (χ3n) is 16.2. The molecule has 0 heterocycles. The SMILES string of the molecule is CC/C=C\C/C=C\C/C=C\C/C=C\CCCCCCCCCCCCCCCCCCCCC(=O)OCC(COC(=O)CCCCCCC/C=C\C/C=C\CCCCCC)OC(=O)CCCCCCCCCCCCCCCCCCCC. The first-order chi connectivity index (χ1) is 41.0. The van der Waals surface area contributed by atoms with Gasteiger partial charge in [-0.3, -0.25) is 14.4 Å². The number of unbranched alkanes of at least 4 members (excludes halogenated alkanes) is 44. The van der Waals surface area contributed by atoms with E-state index in [1.807, 2.05) is 0 Å². The van der Waals surface area contributed by atoms with Crippen LogP contribution in [0, 0.1) is 0 Å². The summed E-state index contributed by atoms with van der Waals surface area (Å²) in [6.45, 7) is 6.56. The largest absolute Gasteiger partial charge is 0.462 e. The van der Waals surface area contributed by atoms with Crippen LogP contribution in [0.25, 0.3) is 0 Å². The highest BCUT2D eigenvalue weighted by atomic mass is 16.6. The van der Waals surface area contributed by atoms with Gasteiger partial charge >= 0.3 is 17.9 Å². The summed E-state index contributed by atoms with van der Waals surface area (Å²) < 4.78 is 17.0. The van der Waals surface area contributed by atoms with Crippen molar-refractivity contribution in [3.05, 3.63) is 72.9 Å². The summed E-state index contributed by atoms with van der Waals surface area (Å²) in [5.74, 6) is -0.862. The molecule has 0 fully saturated rings. The van der Waals surface area contributed by atoms with Crippen LogP contribution in [-0.2, 0) is 28.6 Å². The number of carbonyl (C=O) groups is 3. The molecule has 0 N–H and O–H groups in total. The minimum atomic E-state index is -0.779. The summed E-state index contributed by atoms with van der Waals surface area (Å²) in [5.41, 5.74) is 0. The van der Waals surface area contributed by atoms with Gasteiger partial charge in [-0.15, -0.1) is 0 Å². The number of ether oxygens (including phenoxy) is 3. The molecule has 83 heavy (non-hydrogen) atoms. The third-order valence-corrected chi connectivity index (χ3v) is 16.2. The lowest BCUT2D eigenvalue weighted by Gasteiger charge is -2.18. The summed E-state index contributed by atoms with van der Waals surface area (Å²) in [5, 5.41) is 0. The lowest BCUT2D eigenvalue weighted by molar-refractivity contribution is -0.167. The van der Waals surface area contributed by atoms with E-state index >= 15 is 0 Å². The Morgan fingerprint density at radius 3 is 0.747 bits per heavy atom. The third kappa shape index (κ3) is 69.5. The maximum absolute atomic E-state index is 13.0. The first-order valence-electron chi connectivity index (χ1n) is 36.4. The molecule has 0 radical (unpaired) electrons. The molecular weight excluding hydrogens is 1020 g/mol. The zero-order chi connectivity index (χ0) is 59.9. The van der Waals surface area contributed by atoms with Gasteiger partial charge in [0, 0.05) is 19.3 Å². The molecule has 0 aliphatic rings. The summed E-state index contributed by atoms with van der Waals surface area (Å²) in [6, 6.07) is 0. The Labute approximate surface area is 516 Å². The van der Waals surface area contributed by atoms with Crippen LogP contribution in [0.3, 0.4) is 0 Å². The van der Waals surface area contributed by atoms with E-state index in [0.717, 1.165) is 103 Å². The number of rotatable bonds is 67. The lowest BCUT2D eigenvalue weighted by Crippen LogP contribution is -2.30. The zero-order valence-corrected chi connectivity index (χ0v) is 55.5. The number of carbonyl (C=O) groups excluding carboxylic acids is 3. The Morgan fingerprint density at radius 1 is 0.253 bits per heavy atom. The van der Waals surface area contributed by atoms with Crippen LogP contribution < -0.4 is 0 Å². The molecule has 0 saturated heterocycles. The van der Waals surface area contributed by atoms with E-state index in [4.69, 9.17) is 14.2 Å². The van der Waals surface area contributed by atoms with Crippen molar-refractivity contribution in [1.29, 1.82) is 0 Å². The van der Waals surface area contributed by atoms with Crippen LogP contribution in [0.2, 0.25) is 0 Å². The maximum atomic E-state index is 13.0. The Morgan fingerprint density at radius 2 is 0.470 bits per heavy atom. The molecule has 0 saturated carbocycles. The average Bonchev–Trinajstić information content (AvgIpc) is 3.49. The standard InChI is InChI=1S/C77H138O6/c1-4-7-10-13-16-19-22-25-28-31-33-34-35-36-37-38-39-40-41-42-43-44-45-47-49-52-55-58-61-64-67-70-76(79)82-73-74(72-81-75(78)69-66-63-60-57-54-51-48-30-27-24-21-18-15-12-9-6-3)83-77(80)71-68-65-62-59-56-53-50-46-32-29-26-23-20-17-14-11-8-5-2/h7,10,16,19,21,24-25,28,30,33-34,48,74H,4-6,8-9,11-15,17-18,20,22-23,26-27,29,31-32,35-47,49-73H2,1-3H3/b10-7-,19-16-,24-21-,28-25-,34-33-,48-30-. The van der Waals surface area contributed by atoms with Crippen LogP contribution in [0.5, 0.6) is 0 Å². The van der Waals surface area contributed by atoms with Gasteiger partial charge in [0.2, 0.25) is 0 Å². The number of hydrogen-bond acceptors (Lipinski definition) is 6. The summed E-state index contributed by atoms with van der Waals surface area (Å²) in [4.78, 5) is 38.5. The Balaban J connectivity index is 4.22. The molecule has 0 spiro atoms. The van der Waals surface area contributed by atoms with Crippen molar-refractivity contribution in [2.75, 3.05) is 13.2 Å². The Bertz CT molecular complexity index is 1520. The highest BCUT2D eigenvalue weighted by Crippen LogP contribution is 2.18. The first-order valence-corrected chi connectivity index (χ1v) is 36.4. The van der Waals surface area contributed by atoms with Crippen LogP contribution in [0.15, 0.2) is 72.9 Å². The molecule has 0 aromatic heterocycles. The molecule has 6 nitrogen and oxygen atoms in total. The fraction of sp³-hybridized carbons (Fsp3) is 0.805. The molecule has 0 bridgehead atoms. The summed E-state index contributed by atoms with van der Waals surface area (Å²) in [6.07, 6.45) is 93.7. The predicted molar refractivity (Wildman–Crippen MR) is 362 cm³/mol. The fourth-order valence-electron chi connectivity index (χ4n) is 10.8. The lowest BCUT2D eigenvalue weighted by atomic mass is 10.0. The van der Waals surface area contributed by atoms with Gasteiger partial charge in [-0.2, -0.15) is 0 Å². The van der Waals surface area contributed by atoms with E-state index in [0.29, 0.717) is 19.3 Å². The average molecular weight is 1160 g/mol. The molecule has 0 aliphatic heterocycles. The molecular formula is C77H138O6. The van der Waals surface area contributed by atoms with Gasteiger partial charge < -0.3 is 14.2 Å². The van der Waals surface area contributed by atoms with Crippen LogP contribution >= 0.6 is 0 Å². The second-order valence-corrected chi connectivity index (χ2v) is 24.5. The van der Waals surface area contributed by atoms with E-state index in [9.17, 15) is 14.4 Å². The van der Waals surface area contributed by atoms with Gasteiger partial charge in [-0.25, -0.2) is 0 Å². The normalized spacial score (nSPS) is 12.5. The van der Waals surface area contributed by atoms with Crippen molar-refractivity contribution >= 4 is 17.9 Å². The molecule has 0 aliphatic carbocycles. The van der Waals surface area contributed by atoms with Crippen molar-refractivity contribution in [2.24, 2.45) is 0 Å². The first kappa shape index (κ1) is 79.8. The van der Waals surface area contributed by atoms with Gasteiger partial charge in [0.05, 0.1) is 0 Å². The van der Waals surface area contributed by atoms with Crippen molar-refractivity contribution in [3.8, 4) is 0 Å². The van der Waals surface area contributed by atoms with Crippen molar-refractivity contribution in [3.63, 3.8) is 0 Å². The van der Waals surface area contributed by atoms with E-state index in [1.54, 1.807) is 0 Å². The predicted octanol–water partition coefficient (Wildman–Crippen LogP) is 25.2. The molecule has 1 unspecified atom stereocenters. The van der Waals surface area contributed by atoms with Crippen molar-refractivity contribution in [1.82, 2.24) is 0 Å². The second-order valence-electron chi connectivity index (χ2n) is 24.5. The van der Waals surface area contributed by atoms with E-state index < -0.39 is 6.10 Å². The number of allylic oxidation sites excluding steroid dienone is 12. The number of esters is 3. The van der Waals surface area contributed by atoms with Crippen molar-refractivity contribution < 1.29 is 28.6 Å². The molecule has 6 heteroatoms. The topological polar surface area (TPSA) is 78.9 Å². The minimum Gasteiger partial charge on any atom is -0.462 e. The highest BCUT2D eigenvalue weighted by Gasteiger charge is 2.19. The zero-order valence-electron chi connectivity index (χ0n) is 55.5. The second kappa shape index (κ2) is 71.3. The van der Waals surface area contributed by atoms with Gasteiger partial charge in [0.1, 0.15) is 13.2 Å². The van der Waals surface area contributed by atoms with Gasteiger partial charge in [-0.05, 0) is 89.9 Å². The van der Waals surface area contributed by atoms with Crippen LogP contribution in [-0.4, -0.2) is 37.2 Å². The number of hydrogen-bond donors (Lipinski definition) is 0. The Hall–Kier alpha value is -3.15.